The number of Topliss-reactive ketones (excluding diaryl/α,β-unsaturated/α-hetero) is 1. The van der Waals surface area contributed by atoms with Gasteiger partial charge >= 0.3 is 5.97 Å². The fraction of sp³-hybridized carbons (Fsp3) is 0.333. The molecule has 0 radical (unpaired) electrons. The number of ketones is 1. The van der Waals surface area contributed by atoms with Gasteiger partial charge in [0.2, 0.25) is 0 Å². The van der Waals surface area contributed by atoms with Crippen LogP contribution in [0.3, 0.4) is 0 Å². The van der Waals surface area contributed by atoms with E-state index in [1.54, 1.807) is 26.2 Å². The number of non-ortho nitro benzene ring substituents is 1. The number of carbonyl (C=O) groups excluding carboxylic acids is 2. The van der Waals surface area contributed by atoms with Crippen LogP contribution in [0.5, 0.6) is 5.75 Å². The Morgan fingerprint density at radius 3 is 2.54 bits per heavy atom. The van der Waals surface area contributed by atoms with E-state index >= 15 is 0 Å². The van der Waals surface area contributed by atoms with Gasteiger partial charge in [-0.3, -0.25) is 14.9 Å². The Hall–Kier alpha value is -3.94. The first-order chi connectivity index (χ1) is 16.8. The van der Waals surface area contributed by atoms with Gasteiger partial charge < -0.3 is 14.8 Å². The summed E-state index contributed by atoms with van der Waals surface area (Å²) < 4.78 is 10.7. The number of dihydropyridines is 1. The van der Waals surface area contributed by atoms with E-state index in [1.165, 1.54) is 12.1 Å². The molecule has 8 nitrogen and oxygen atoms in total. The van der Waals surface area contributed by atoms with Gasteiger partial charge in [-0.15, -0.1) is 0 Å². The first-order valence-electron chi connectivity index (χ1n) is 11.6. The SMILES string of the molecule is CCCOC(=O)C1=C(C)NC2=C(C(=O)C[C@@H](c3ccc(OC)cc3)C2)[C@H]1c1cccc([N+](=O)[O-])c1. The van der Waals surface area contributed by atoms with Gasteiger partial charge in [0.25, 0.3) is 5.69 Å². The van der Waals surface area contributed by atoms with Crippen LogP contribution in [0.4, 0.5) is 5.69 Å². The average molecular weight is 477 g/mol. The van der Waals surface area contributed by atoms with Crippen LogP contribution in [0.15, 0.2) is 71.1 Å². The Morgan fingerprint density at radius 2 is 1.89 bits per heavy atom. The fourth-order valence-corrected chi connectivity index (χ4v) is 4.85. The summed E-state index contributed by atoms with van der Waals surface area (Å²) in [5.74, 6) is -0.646. The van der Waals surface area contributed by atoms with Crippen molar-refractivity contribution in [1.82, 2.24) is 5.32 Å². The summed E-state index contributed by atoms with van der Waals surface area (Å²) in [6.45, 7) is 3.92. The van der Waals surface area contributed by atoms with Crippen molar-refractivity contribution in [2.75, 3.05) is 13.7 Å². The smallest absolute Gasteiger partial charge is 0.336 e. The number of allylic oxidation sites excluding steroid dienone is 3. The van der Waals surface area contributed by atoms with Crippen LogP contribution in [-0.2, 0) is 14.3 Å². The lowest BCUT2D eigenvalue weighted by Gasteiger charge is -2.36. The summed E-state index contributed by atoms with van der Waals surface area (Å²) in [4.78, 5) is 37.7. The van der Waals surface area contributed by atoms with Crippen LogP contribution in [-0.4, -0.2) is 30.4 Å². The van der Waals surface area contributed by atoms with Crippen LogP contribution in [0.1, 0.15) is 56.1 Å². The second-order valence-corrected chi connectivity index (χ2v) is 8.78. The summed E-state index contributed by atoms with van der Waals surface area (Å²) >= 11 is 0. The predicted molar refractivity (Wildman–Crippen MR) is 130 cm³/mol. The molecule has 0 bridgehead atoms. The van der Waals surface area contributed by atoms with E-state index in [4.69, 9.17) is 9.47 Å². The molecule has 0 fully saturated rings. The monoisotopic (exact) mass is 476 g/mol. The van der Waals surface area contributed by atoms with Crippen LogP contribution in [0.2, 0.25) is 0 Å². The molecule has 0 spiro atoms. The first kappa shape index (κ1) is 24.2. The van der Waals surface area contributed by atoms with Gasteiger partial charge in [-0.25, -0.2) is 4.79 Å². The van der Waals surface area contributed by atoms with E-state index < -0.39 is 16.8 Å². The predicted octanol–water partition coefficient (Wildman–Crippen LogP) is 4.92. The Labute approximate surface area is 203 Å². The number of nitrogens with one attached hydrogen (secondary N) is 1. The molecule has 2 aliphatic rings. The van der Waals surface area contributed by atoms with Gasteiger partial charge in [-0.05, 0) is 48.9 Å². The largest absolute Gasteiger partial charge is 0.497 e. The molecular weight excluding hydrogens is 448 g/mol. The van der Waals surface area contributed by atoms with E-state index in [9.17, 15) is 19.7 Å². The second-order valence-electron chi connectivity index (χ2n) is 8.78. The Balaban J connectivity index is 1.78. The number of hydrogen-bond acceptors (Lipinski definition) is 7. The van der Waals surface area contributed by atoms with Gasteiger partial charge in [0.1, 0.15) is 5.75 Å². The highest BCUT2D eigenvalue weighted by Crippen LogP contribution is 2.46. The fourth-order valence-electron chi connectivity index (χ4n) is 4.85. The maximum atomic E-state index is 13.6. The zero-order chi connectivity index (χ0) is 25.1. The molecule has 1 N–H and O–H groups in total. The molecule has 0 saturated heterocycles. The highest BCUT2D eigenvalue weighted by molar-refractivity contribution is 6.04. The molecule has 4 rings (SSSR count). The lowest BCUT2D eigenvalue weighted by Crippen LogP contribution is -2.36. The first-order valence-corrected chi connectivity index (χ1v) is 11.6. The molecule has 8 heteroatoms. The van der Waals surface area contributed by atoms with Crippen LogP contribution in [0.25, 0.3) is 0 Å². The third-order valence-electron chi connectivity index (χ3n) is 6.49. The maximum absolute atomic E-state index is 13.6. The number of nitrogens with zero attached hydrogens (tertiary/aromatic N) is 1. The Bertz CT molecular complexity index is 1230. The number of benzene rings is 2. The number of methoxy groups -OCH3 is 1. The summed E-state index contributed by atoms with van der Waals surface area (Å²) in [6.07, 6.45) is 1.51. The molecule has 35 heavy (non-hydrogen) atoms. The second kappa shape index (κ2) is 10.1. The van der Waals surface area contributed by atoms with Crippen molar-refractivity contribution in [2.24, 2.45) is 0 Å². The average Bonchev–Trinajstić information content (AvgIpc) is 2.86. The van der Waals surface area contributed by atoms with E-state index in [-0.39, 0.29) is 30.4 Å². The number of nitro benzene ring substituents is 1. The van der Waals surface area contributed by atoms with Crippen LogP contribution >= 0.6 is 0 Å². The molecule has 182 valence electrons. The van der Waals surface area contributed by atoms with E-state index in [1.807, 2.05) is 31.2 Å². The third-order valence-corrected chi connectivity index (χ3v) is 6.49. The van der Waals surface area contributed by atoms with Crippen molar-refractivity contribution in [3.8, 4) is 5.75 Å². The molecular formula is C27H28N2O6. The molecule has 1 aliphatic carbocycles. The minimum Gasteiger partial charge on any atom is -0.497 e. The van der Waals surface area contributed by atoms with Crippen molar-refractivity contribution < 1.29 is 24.0 Å². The molecule has 0 aromatic heterocycles. The molecule has 0 unspecified atom stereocenters. The molecule has 1 aliphatic heterocycles. The topological polar surface area (TPSA) is 108 Å². The van der Waals surface area contributed by atoms with Crippen molar-refractivity contribution in [2.45, 2.75) is 44.9 Å². The summed E-state index contributed by atoms with van der Waals surface area (Å²) in [5, 5.41) is 14.7. The highest BCUT2D eigenvalue weighted by Gasteiger charge is 2.41. The number of esters is 1. The lowest BCUT2D eigenvalue weighted by molar-refractivity contribution is -0.384. The number of hydrogen-bond donors (Lipinski definition) is 1. The molecule has 1 heterocycles. The van der Waals surface area contributed by atoms with Crippen LogP contribution < -0.4 is 10.1 Å². The van der Waals surface area contributed by atoms with Gasteiger partial charge in [0, 0.05) is 41.4 Å². The highest BCUT2D eigenvalue weighted by atomic mass is 16.6. The maximum Gasteiger partial charge on any atom is 0.336 e. The summed E-state index contributed by atoms with van der Waals surface area (Å²) in [7, 11) is 1.61. The Morgan fingerprint density at radius 1 is 1.14 bits per heavy atom. The summed E-state index contributed by atoms with van der Waals surface area (Å²) in [5.41, 5.74) is 3.56. The van der Waals surface area contributed by atoms with Crippen LogP contribution in [0, 0.1) is 10.1 Å². The number of carbonyl (C=O) groups is 2. The normalized spacial score (nSPS) is 19.7. The van der Waals surface area contributed by atoms with E-state index in [0.717, 1.165) is 17.0 Å². The molecule has 2 aromatic carbocycles. The molecule has 0 amide bonds. The number of nitro groups is 1. The van der Waals surface area contributed by atoms with Crippen molar-refractivity contribution in [3.05, 3.63) is 92.3 Å². The van der Waals surface area contributed by atoms with Gasteiger partial charge in [-0.1, -0.05) is 31.2 Å². The van der Waals surface area contributed by atoms with Gasteiger partial charge in [0.05, 0.1) is 24.2 Å². The summed E-state index contributed by atoms with van der Waals surface area (Å²) in [6, 6.07) is 13.8. The standard InChI is InChI=1S/C27H28N2O6/c1-4-12-35-27(31)24-16(2)28-22-14-19(17-8-10-21(34-3)11-9-17)15-23(30)26(22)25(24)18-6-5-7-20(13-18)29(32)33/h5-11,13,19,25,28H,4,12,14-15H2,1-3H3/t19-,25-/m0/s1. The van der Waals surface area contributed by atoms with Crippen molar-refractivity contribution in [1.29, 1.82) is 0 Å². The lowest BCUT2D eigenvalue weighted by atomic mass is 9.71. The molecule has 2 aromatic rings. The minimum absolute atomic E-state index is 0.0354. The van der Waals surface area contributed by atoms with Gasteiger partial charge in [0.15, 0.2) is 5.78 Å². The van der Waals surface area contributed by atoms with E-state index in [0.29, 0.717) is 35.2 Å². The zero-order valence-electron chi connectivity index (χ0n) is 20.0. The molecule has 0 saturated carbocycles. The quantitative estimate of drug-likeness (QED) is 0.343. The Kier molecular flexibility index (Phi) is 7.00. The van der Waals surface area contributed by atoms with Crippen molar-refractivity contribution in [3.63, 3.8) is 0 Å². The minimum atomic E-state index is -0.736. The van der Waals surface area contributed by atoms with Crippen molar-refractivity contribution >= 4 is 17.4 Å². The molecule has 2 atom stereocenters. The van der Waals surface area contributed by atoms with E-state index in [2.05, 4.69) is 5.32 Å². The number of ether oxygens (including phenoxy) is 2. The van der Waals surface area contributed by atoms with Gasteiger partial charge in [-0.2, -0.15) is 0 Å². The third kappa shape index (κ3) is 4.82. The number of rotatable bonds is 7. The zero-order valence-corrected chi connectivity index (χ0v) is 20.0.